The summed E-state index contributed by atoms with van der Waals surface area (Å²) in [6, 6.07) is 4.23. The molecule has 1 unspecified atom stereocenters. The average molecular weight is 346 g/mol. The molecule has 0 radical (unpaired) electrons. The minimum absolute atomic E-state index is 0.103. The number of ether oxygens (including phenoxy) is 2. The number of aromatic carboxylic acids is 1. The van der Waals surface area contributed by atoms with E-state index in [0.29, 0.717) is 16.8 Å². The first kappa shape index (κ1) is 16.5. The van der Waals surface area contributed by atoms with Crippen LogP contribution in [0.3, 0.4) is 0 Å². The van der Waals surface area contributed by atoms with Crippen molar-refractivity contribution in [1.29, 1.82) is 0 Å². The smallest absolute Gasteiger partial charge is 0.335 e. The molecule has 0 spiro atoms. The molecule has 1 rings (SSSR count). The van der Waals surface area contributed by atoms with Crippen LogP contribution in [0, 0.1) is 0 Å². The lowest BCUT2D eigenvalue weighted by Crippen LogP contribution is -2.38. The zero-order chi connectivity index (χ0) is 15.1. The van der Waals surface area contributed by atoms with Crippen molar-refractivity contribution < 1.29 is 24.2 Å². The molecule has 6 nitrogen and oxygen atoms in total. The third-order valence-electron chi connectivity index (χ3n) is 2.36. The monoisotopic (exact) mass is 345 g/mol. The van der Waals surface area contributed by atoms with Crippen molar-refractivity contribution in [2.45, 2.75) is 13.0 Å². The van der Waals surface area contributed by atoms with Gasteiger partial charge in [0.2, 0.25) is 0 Å². The van der Waals surface area contributed by atoms with Gasteiger partial charge in [-0.05, 0) is 41.1 Å². The third-order valence-corrected chi connectivity index (χ3v) is 2.98. The Kier molecular flexibility index (Phi) is 6.47. The number of hydrogen-bond donors (Lipinski definition) is 2. The lowest BCUT2D eigenvalue weighted by atomic mass is 10.2. The molecule has 20 heavy (non-hydrogen) atoms. The summed E-state index contributed by atoms with van der Waals surface area (Å²) in [7, 11) is 1.56. The second kappa shape index (κ2) is 7.86. The van der Waals surface area contributed by atoms with E-state index in [1.54, 1.807) is 7.11 Å². The van der Waals surface area contributed by atoms with Gasteiger partial charge in [0.05, 0.1) is 16.6 Å². The van der Waals surface area contributed by atoms with Crippen molar-refractivity contribution in [3.05, 3.63) is 28.2 Å². The molecule has 0 aliphatic rings. The number of carbonyl (C=O) groups is 2. The molecule has 1 aromatic rings. The number of methoxy groups -OCH3 is 1. The maximum atomic E-state index is 11.6. The Balaban J connectivity index is 2.53. The molecule has 1 amide bonds. The van der Waals surface area contributed by atoms with E-state index in [9.17, 15) is 9.59 Å². The SMILES string of the molecule is COCC(C)NC(=O)COc1ccc(C(=O)O)cc1Br. The van der Waals surface area contributed by atoms with Crippen LogP contribution in [-0.4, -0.2) is 43.3 Å². The predicted octanol–water partition coefficient (Wildman–Crippen LogP) is 1.68. The molecule has 7 heteroatoms. The van der Waals surface area contributed by atoms with E-state index in [4.69, 9.17) is 14.6 Å². The number of amides is 1. The van der Waals surface area contributed by atoms with Crippen LogP contribution in [-0.2, 0) is 9.53 Å². The third kappa shape index (κ3) is 5.18. The van der Waals surface area contributed by atoms with Gasteiger partial charge >= 0.3 is 5.97 Å². The summed E-state index contributed by atoms with van der Waals surface area (Å²) in [4.78, 5) is 22.4. The summed E-state index contributed by atoms with van der Waals surface area (Å²) in [5.74, 6) is -0.892. The number of carboxylic acid groups (broad SMARTS) is 1. The Bertz CT molecular complexity index is 492. The van der Waals surface area contributed by atoms with Crippen molar-refractivity contribution in [1.82, 2.24) is 5.32 Å². The number of carboxylic acids is 1. The molecule has 110 valence electrons. The van der Waals surface area contributed by atoms with Crippen molar-refractivity contribution in [3.8, 4) is 5.75 Å². The van der Waals surface area contributed by atoms with Crippen LogP contribution >= 0.6 is 15.9 Å². The Labute approximate surface area is 125 Å². The van der Waals surface area contributed by atoms with Gasteiger partial charge in [-0.2, -0.15) is 0 Å². The predicted molar refractivity (Wildman–Crippen MR) is 76.1 cm³/mol. The van der Waals surface area contributed by atoms with Gasteiger partial charge < -0.3 is 19.9 Å². The average Bonchev–Trinajstić information content (AvgIpc) is 2.37. The van der Waals surface area contributed by atoms with Crippen LogP contribution in [0.5, 0.6) is 5.75 Å². The number of halogens is 1. The summed E-state index contributed by atoms with van der Waals surface area (Å²) in [6.45, 7) is 2.08. The summed E-state index contributed by atoms with van der Waals surface area (Å²) in [6.07, 6.45) is 0. The lowest BCUT2D eigenvalue weighted by Gasteiger charge is -2.13. The first-order valence-corrected chi connectivity index (χ1v) is 6.67. The fourth-order valence-corrected chi connectivity index (χ4v) is 2.00. The van der Waals surface area contributed by atoms with E-state index in [-0.39, 0.29) is 24.1 Å². The fourth-order valence-electron chi connectivity index (χ4n) is 1.50. The lowest BCUT2D eigenvalue weighted by molar-refractivity contribution is -0.124. The van der Waals surface area contributed by atoms with Crippen LogP contribution in [0.15, 0.2) is 22.7 Å². The van der Waals surface area contributed by atoms with E-state index in [1.807, 2.05) is 6.92 Å². The van der Waals surface area contributed by atoms with E-state index in [0.717, 1.165) is 0 Å². The van der Waals surface area contributed by atoms with Crippen LogP contribution < -0.4 is 10.1 Å². The molecule has 0 saturated carbocycles. The number of carbonyl (C=O) groups excluding carboxylic acids is 1. The second-order valence-corrected chi connectivity index (χ2v) is 5.02. The van der Waals surface area contributed by atoms with Crippen molar-refractivity contribution in [2.75, 3.05) is 20.3 Å². The van der Waals surface area contributed by atoms with Crippen LogP contribution in [0.25, 0.3) is 0 Å². The quantitative estimate of drug-likeness (QED) is 0.785. The Hall–Kier alpha value is -1.60. The molecule has 0 saturated heterocycles. The van der Waals surface area contributed by atoms with Gasteiger partial charge in [-0.1, -0.05) is 0 Å². The second-order valence-electron chi connectivity index (χ2n) is 4.16. The van der Waals surface area contributed by atoms with Gasteiger partial charge in [0, 0.05) is 13.2 Å². The van der Waals surface area contributed by atoms with Crippen molar-refractivity contribution in [2.24, 2.45) is 0 Å². The molecule has 2 N–H and O–H groups in total. The first-order valence-electron chi connectivity index (χ1n) is 5.88. The summed E-state index contributed by atoms with van der Waals surface area (Å²) in [5.41, 5.74) is 0.141. The Morgan fingerprint density at radius 3 is 2.70 bits per heavy atom. The topological polar surface area (TPSA) is 84.9 Å². The number of hydrogen-bond acceptors (Lipinski definition) is 4. The molecule has 0 aliphatic carbocycles. The summed E-state index contributed by atoms with van der Waals surface area (Å²) < 4.78 is 10.7. The number of benzene rings is 1. The van der Waals surface area contributed by atoms with Gasteiger partial charge in [0.1, 0.15) is 5.75 Å². The number of nitrogens with one attached hydrogen (secondary N) is 1. The van der Waals surface area contributed by atoms with Crippen molar-refractivity contribution >= 4 is 27.8 Å². The highest BCUT2D eigenvalue weighted by Gasteiger charge is 2.11. The fraction of sp³-hybridized carbons (Fsp3) is 0.385. The Morgan fingerprint density at radius 1 is 1.45 bits per heavy atom. The summed E-state index contributed by atoms with van der Waals surface area (Å²) >= 11 is 3.20. The van der Waals surface area contributed by atoms with Gasteiger partial charge in [0.25, 0.3) is 5.91 Å². The maximum absolute atomic E-state index is 11.6. The molecule has 1 atom stereocenters. The minimum Gasteiger partial charge on any atom is -0.483 e. The van der Waals surface area contributed by atoms with E-state index in [1.165, 1.54) is 18.2 Å². The van der Waals surface area contributed by atoms with Crippen LogP contribution in [0.1, 0.15) is 17.3 Å². The molecule has 1 aromatic carbocycles. The van der Waals surface area contributed by atoms with Gasteiger partial charge in [-0.25, -0.2) is 4.79 Å². The van der Waals surface area contributed by atoms with Gasteiger partial charge in [-0.3, -0.25) is 4.79 Å². The normalized spacial score (nSPS) is 11.8. The van der Waals surface area contributed by atoms with Gasteiger partial charge in [-0.15, -0.1) is 0 Å². The van der Waals surface area contributed by atoms with E-state index in [2.05, 4.69) is 21.2 Å². The minimum atomic E-state index is -1.02. The van der Waals surface area contributed by atoms with Crippen LogP contribution in [0.2, 0.25) is 0 Å². The largest absolute Gasteiger partial charge is 0.483 e. The highest BCUT2D eigenvalue weighted by molar-refractivity contribution is 9.10. The molecule has 0 aliphatic heterocycles. The molecule has 0 fully saturated rings. The standard InChI is InChI=1S/C13H16BrNO5/c1-8(6-19-2)15-12(16)7-20-11-4-3-9(13(17)18)5-10(11)14/h3-5,8H,6-7H2,1-2H3,(H,15,16)(H,17,18). The number of rotatable bonds is 7. The molecule has 0 aromatic heterocycles. The highest BCUT2D eigenvalue weighted by atomic mass is 79.9. The highest BCUT2D eigenvalue weighted by Crippen LogP contribution is 2.25. The van der Waals surface area contributed by atoms with Crippen LogP contribution in [0.4, 0.5) is 0 Å². The molecule has 0 heterocycles. The Morgan fingerprint density at radius 2 is 2.15 bits per heavy atom. The van der Waals surface area contributed by atoms with Gasteiger partial charge in [0.15, 0.2) is 6.61 Å². The first-order chi connectivity index (χ1) is 9.43. The molecular formula is C13H16BrNO5. The van der Waals surface area contributed by atoms with Crippen molar-refractivity contribution in [3.63, 3.8) is 0 Å². The zero-order valence-electron chi connectivity index (χ0n) is 11.2. The summed E-state index contributed by atoms with van der Waals surface area (Å²) in [5, 5.41) is 11.5. The van der Waals surface area contributed by atoms with E-state index < -0.39 is 5.97 Å². The zero-order valence-corrected chi connectivity index (χ0v) is 12.8. The maximum Gasteiger partial charge on any atom is 0.335 e. The van der Waals surface area contributed by atoms with E-state index >= 15 is 0 Å². The molecule has 0 bridgehead atoms. The molecular weight excluding hydrogens is 330 g/mol.